The fourth-order valence-electron chi connectivity index (χ4n) is 6.89. The Morgan fingerprint density at radius 1 is 0.642 bits per heavy atom. The molecule has 3 aliphatic heterocycles. The highest BCUT2D eigenvalue weighted by Gasteiger charge is 2.54. The van der Waals surface area contributed by atoms with Crippen LogP contribution in [0.25, 0.3) is 0 Å². The normalized spacial score (nSPS) is 27.5. The van der Waals surface area contributed by atoms with Crippen LogP contribution in [0.5, 0.6) is 34.5 Å². The summed E-state index contributed by atoms with van der Waals surface area (Å²) in [5.41, 5.74) is 1.45. The van der Waals surface area contributed by atoms with Crippen LogP contribution in [0, 0.1) is 11.8 Å². The molecule has 0 amide bonds. The zero-order valence-corrected chi connectivity index (χ0v) is 30.6. The lowest BCUT2D eigenvalue weighted by Crippen LogP contribution is -2.63. The molecule has 3 saturated heterocycles. The maximum atomic E-state index is 12.3. The van der Waals surface area contributed by atoms with Crippen LogP contribution in [0.4, 0.5) is 0 Å². The van der Waals surface area contributed by atoms with Crippen molar-refractivity contribution in [1.82, 2.24) is 0 Å². The molecule has 1 N–H and O–H groups in total. The summed E-state index contributed by atoms with van der Waals surface area (Å²) in [5, 5.41) is 10.4. The highest BCUT2D eigenvalue weighted by atomic mass is 16.7. The van der Waals surface area contributed by atoms with Crippen molar-refractivity contribution in [2.75, 3.05) is 48.3 Å². The second kappa shape index (κ2) is 16.8. The Hall–Kier alpha value is -5.00. The number of phenolic OH excluding ortho intramolecular Hbond substituents is 1. The van der Waals surface area contributed by atoms with Crippen molar-refractivity contribution in [2.24, 2.45) is 11.8 Å². The number of hydrogen-bond donors (Lipinski definition) is 1. The van der Waals surface area contributed by atoms with Crippen molar-refractivity contribution in [3.8, 4) is 34.5 Å². The van der Waals surface area contributed by atoms with Crippen LogP contribution in [-0.4, -0.2) is 108 Å². The quantitative estimate of drug-likeness (QED) is 0.231. The molecule has 53 heavy (non-hydrogen) atoms. The van der Waals surface area contributed by atoms with E-state index in [1.54, 1.807) is 24.3 Å². The molecule has 5 rings (SSSR count). The van der Waals surface area contributed by atoms with Gasteiger partial charge in [-0.05, 0) is 35.4 Å². The fraction of sp³-hybridized carbons (Fsp3) is 0.556. The lowest BCUT2D eigenvalue weighted by Gasteiger charge is -2.44. The van der Waals surface area contributed by atoms with Gasteiger partial charge in [0, 0.05) is 39.5 Å². The molecule has 0 aliphatic carbocycles. The first-order valence-electron chi connectivity index (χ1n) is 16.7. The molecule has 0 aromatic heterocycles. The number of esters is 4. The largest absolute Gasteiger partial charge is 0.502 e. The molecule has 3 fully saturated rings. The van der Waals surface area contributed by atoms with E-state index in [-0.39, 0.29) is 52.4 Å². The summed E-state index contributed by atoms with van der Waals surface area (Å²) in [7, 11) is 5.74. The number of aromatic hydroxyl groups is 1. The Morgan fingerprint density at radius 2 is 1.08 bits per heavy atom. The monoisotopic (exact) mass is 748 g/mol. The number of phenols is 1. The number of methoxy groups -OCH3 is 4. The molecule has 3 heterocycles. The van der Waals surface area contributed by atoms with Gasteiger partial charge in [-0.2, -0.15) is 0 Å². The van der Waals surface area contributed by atoms with Crippen molar-refractivity contribution < 1.29 is 81.1 Å². The van der Waals surface area contributed by atoms with Crippen molar-refractivity contribution in [2.45, 2.75) is 70.6 Å². The highest BCUT2D eigenvalue weighted by molar-refractivity contribution is 5.69. The molecular weight excluding hydrogens is 704 g/mol. The molecule has 0 saturated carbocycles. The van der Waals surface area contributed by atoms with Crippen LogP contribution in [0.3, 0.4) is 0 Å². The summed E-state index contributed by atoms with van der Waals surface area (Å²) in [4.78, 5) is 48.5. The Bertz CT molecular complexity index is 1620. The van der Waals surface area contributed by atoms with E-state index in [4.69, 9.17) is 56.8 Å². The fourth-order valence-corrected chi connectivity index (χ4v) is 6.89. The molecule has 17 nitrogen and oxygen atoms in total. The number of rotatable bonds is 13. The second-order valence-corrected chi connectivity index (χ2v) is 12.5. The number of carbonyl (C=O) groups is 4. The maximum Gasteiger partial charge on any atom is 0.303 e. The van der Waals surface area contributed by atoms with E-state index < -0.39 is 67.3 Å². The zero-order valence-electron chi connectivity index (χ0n) is 30.6. The van der Waals surface area contributed by atoms with Gasteiger partial charge in [-0.3, -0.25) is 19.2 Å². The summed E-state index contributed by atoms with van der Waals surface area (Å²) < 4.78 is 68.9. The summed E-state index contributed by atoms with van der Waals surface area (Å²) in [6.07, 6.45) is -7.86. The van der Waals surface area contributed by atoms with E-state index in [1.807, 2.05) is 0 Å². The summed E-state index contributed by atoms with van der Waals surface area (Å²) in [6.45, 7) is 4.85. The van der Waals surface area contributed by atoms with Gasteiger partial charge in [0.2, 0.25) is 23.9 Å². The Balaban J connectivity index is 1.47. The van der Waals surface area contributed by atoms with Gasteiger partial charge >= 0.3 is 23.9 Å². The van der Waals surface area contributed by atoms with E-state index in [1.165, 1.54) is 35.4 Å². The summed E-state index contributed by atoms with van der Waals surface area (Å²) >= 11 is 0. The second-order valence-electron chi connectivity index (χ2n) is 12.5. The first-order chi connectivity index (χ1) is 25.3. The molecule has 2 aromatic rings. The van der Waals surface area contributed by atoms with Crippen molar-refractivity contribution in [1.29, 1.82) is 0 Å². The summed E-state index contributed by atoms with van der Waals surface area (Å²) in [5.74, 6) is -2.36. The maximum absolute atomic E-state index is 12.3. The van der Waals surface area contributed by atoms with Gasteiger partial charge in [-0.15, -0.1) is 0 Å². The molecule has 3 aliphatic rings. The first kappa shape index (κ1) is 39.2. The van der Waals surface area contributed by atoms with Gasteiger partial charge in [-0.1, -0.05) is 0 Å². The molecule has 9 atom stereocenters. The van der Waals surface area contributed by atoms with Crippen LogP contribution < -0.4 is 23.7 Å². The van der Waals surface area contributed by atoms with Crippen LogP contribution in [-0.2, 0) is 52.3 Å². The third-order valence-electron chi connectivity index (χ3n) is 9.09. The standard InChI is InChI=1S/C36H44O17/c1-16(37)46-15-28-33(49-17(2)38)34(50-18(3)39)35(51-19(4)40)36(52-28)53-32-26(44-7)11-21(12-27(32)45-8)31-23-14-47-30(22(23)13-48-31)20-9-24(42-5)29(41)25(10-20)43-6/h9-12,22-23,28,30-31,33-36,41H,13-15H2,1-8H3/t22-,23-,28+,30+,31+,33+,34-,35+,36-/m0/s1. The molecule has 0 unspecified atom stereocenters. The molecule has 17 heteroatoms. The topological polar surface area (TPSA) is 199 Å². The van der Waals surface area contributed by atoms with E-state index in [0.717, 1.165) is 26.3 Å². The van der Waals surface area contributed by atoms with Gasteiger partial charge in [0.05, 0.1) is 53.9 Å². The summed E-state index contributed by atoms with van der Waals surface area (Å²) in [6, 6.07) is 6.83. The van der Waals surface area contributed by atoms with E-state index in [0.29, 0.717) is 18.8 Å². The predicted molar refractivity (Wildman–Crippen MR) is 178 cm³/mol. The molecule has 2 aromatic carbocycles. The van der Waals surface area contributed by atoms with Crippen LogP contribution in [0.2, 0.25) is 0 Å². The van der Waals surface area contributed by atoms with Gasteiger partial charge < -0.3 is 61.9 Å². The predicted octanol–water partition coefficient (Wildman–Crippen LogP) is 2.96. The smallest absolute Gasteiger partial charge is 0.303 e. The Kier molecular flexibility index (Phi) is 12.4. The number of hydrogen-bond acceptors (Lipinski definition) is 17. The minimum absolute atomic E-state index is 0.0260. The Morgan fingerprint density at radius 3 is 1.51 bits per heavy atom. The van der Waals surface area contributed by atoms with E-state index >= 15 is 0 Å². The van der Waals surface area contributed by atoms with Crippen molar-refractivity contribution in [3.63, 3.8) is 0 Å². The molecule has 0 spiro atoms. The van der Waals surface area contributed by atoms with Gasteiger partial charge in [0.25, 0.3) is 0 Å². The number of fused-ring (bicyclic) bond motifs is 1. The third kappa shape index (κ3) is 8.47. The molecule has 0 bridgehead atoms. The molecular formula is C36H44O17. The SMILES string of the molecule is COc1cc([C@H]2OC[C@H]3[C@@H]2CO[C@@H]3c2cc(OC)c(O[C@@H]3O[C@H](COC(C)=O)[C@@H](OC(C)=O)[C@H](OC(C)=O)[C@H]3OC(C)=O)c(OC)c2)cc(OC)c1O. The lowest BCUT2D eigenvalue weighted by molar-refractivity contribution is -0.288. The number of benzene rings is 2. The third-order valence-corrected chi connectivity index (χ3v) is 9.09. The first-order valence-corrected chi connectivity index (χ1v) is 16.7. The van der Waals surface area contributed by atoms with Crippen LogP contribution in [0.1, 0.15) is 51.0 Å². The van der Waals surface area contributed by atoms with Gasteiger partial charge in [-0.25, -0.2) is 0 Å². The highest BCUT2D eigenvalue weighted by Crippen LogP contribution is 2.53. The van der Waals surface area contributed by atoms with Crippen molar-refractivity contribution in [3.05, 3.63) is 35.4 Å². The number of ether oxygens (including phenoxy) is 12. The number of carbonyl (C=O) groups excluding carboxylic acids is 4. The minimum Gasteiger partial charge on any atom is -0.502 e. The van der Waals surface area contributed by atoms with Crippen LogP contribution >= 0.6 is 0 Å². The zero-order chi connectivity index (χ0) is 38.6. The lowest BCUT2D eigenvalue weighted by atomic mass is 9.84. The Labute approximate surface area is 305 Å². The van der Waals surface area contributed by atoms with E-state index in [2.05, 4.69) is 0 Å². The molecule has 290 valence electrons. The van der Waals surface area contributed by atoms with Crippen LogP contribution in [0.15, 0.2) is 24.3 Å². The average Bonchev–Trinajstić information content (AvgIpc) is 3.72. The van der Waals surface area contributed by atoms with E-state index in [9.17, 15) is 24.3 Å². The minimum atomic E-state index is -1.53. The van der Waals surface area contributed by atoms with Crippen molar-refractivity contribution >= 4 is 23.9 Å². The van der Waals surface area contributed by atoms with Gasteiger partial charge in [0.15, 0.2) is 35.2 Å². The molecule has 0 radical (unpaired) electrons. The van der Waals surface area contributed by atoms with Gasteiger partial charge in [0.1, 0.15) is 12.7 Å². The average molecular weight is 749 g/mol.